The van der Waals surface area contributed by atoms with Gasteiger partial charge in [-0.2, -0.15) is 0 Å². The van der Waals surface area contributed by atoms with Gasteiger partial charge in [0.05, 0.1) is 6.61 Å². The molecule has 1 aromatic carbocycles. The fraction of sp³-hybridized carbons (Fsp3) is 0.350. The van der Waals surface area contributed by atoms with E-state index >= 15 is 0 Å². The summed E-state index contributed by atoms with van der Waals surface area (Å²) in [5.74, 6) is 0.900. The number of pyridine rings is 1. The van der Waals surface area contributed by atoms with Gasteiger partial charge in [0.25, 0.3) is 0 Å². The fourth-order valence-corrected chi connectivity index (χ4v) is 3.00. The average Bonchev–Trinajstić information content (AvgIpc) is 2.59. The molecule has 0 aliphatic rings. The molecule has 4 nitrogen and oxygen atoms in total. The minimum atomic E-state index is -0.372. The summed E-state index contributed by atoms with van der Waals surface area (Å²) in [6.45, 7) is 6.98. The first-order valence-electron chi connectivity index (χ1n) is 8.53. The predicted octanol–water partition coefficient (Wildman–Crippen LogP) is 4.89. The van der Waals surface area contributed by atoms with Gasteiger partial charge in [-0.3, -0.25) is 4.98 Å². The topological polar surface area (TPSA) is 47.9 Å². The first kappa shape index (κ1) is 17.3. The van der Waals surface area contributed by atoms with Crippen LogP contribution in [0, 0.1) is 17.7 Å². The van der Waals surface area contributed by atoms with E-state index in [9.17, 15) is 4.39 Å². The molecular weight excluding hydrogens is 317 g/mol. The lowest BCUT2D eigenvalue weighted by atomic mass is 10.00. The zero-order valence-corrected chi connectivity index (χ0v) is 14.7. The van der Waals surface area contributed by atoms with Crippen molar-refractivity contribution in [2.75, 3.05) is 6.61 Å². The Bertz CT molecular complexity index is 861. The van der Waals surface area contributed by atoms with E-state index in [1.807, 2.05) is 12.1 Å². The average molecular weight is 339 g/mol. The molecule has 0 radical (unpaired) electrons. The summed E-state index contributed by atoms with van der Waals surface area (Å²) < 4.78 is 20.1. The van der Waals surface area contributed by atoms with Gasteiger partial charge in [-0.25, -0.2) is 14.4 Å². The van der Waals surface area contributed by atoms with Crippen molar-refractivity contribution in [1.29, 1.82) is 0 Å². The third-order valence-electron chi connectivity index (χ3n) is 4.01. The first-order valence-corrected chi connectivity index (χ1v) is 8.53. The van der Waals surface area contributed by atoms with Gasteiger partial charge in [0.1, 0.15) is 5.52 Å². The number of aromatic nitrogens is 3. The summed E-state index contributed by atoms with van der Waals surface area (Å²) in [6, 6.07) is 6.81. The third-order valence-corrected chi connectivity index (χ3v) is 4.01. The Labute approximate surface area is 147 Å². The lowest BCUT2D eigenvalue weighted by Gasteiger charge is -2.15. The molecule has 0 saturated carbocycles. The van der Waals surface area contributed by atoms with E-state index in [1.165, 1.54) is 6.07 Å². The fourth-order valence-electron chi connectivity index (χ4n) is 3.00. The van der Waals surface area contributed by atoms with Gasteiger partial charge in [-0.15, -0.1) is 0 Å². The molecule has 3 rings (SSSR count). The first-order chi connectivity index (χ1) is 12.0. The monoisotopic (exact) mass is 339 g/mol. The van der Waals surface area contributed by atoms with E-state index in [0.29, 0.717) is 29.6 Å². The van der Waals surface area contributed by atoms with Gasteiger partial charge in [0.2, 0.25) is 0 Å². The molecule has 0 N–H and O–H groups in total. The van der Waals surface area contributed by atoms with Crippen LogP contribution < -0.4 is 4.74 Å². The molecule has 0 aliphatic carbocycles. The number of halogens is 1. The Morgan fingerprint density at radius 2 is 1.76 bits per heavy atom. The molecule has 5 heteroatoms. The van der Waals surface area contributed by atoms with Gasteiger partial charge >= 0.3 is 0 Å². The standard InChI is InChI=1S/C20H22FN3O/c1-13(2)10-14(3)12-25-18-5-4-15(11-17(18)21)16-6-7-23-20-19(16)22-8-9-24-20/h4-9,11,13-14H,10,12H2,1-3H3. The highest BCUT2D eigenvalue weighted by atomic mass is 19.1. The van der Waals surface area contributed by atoms with E-state index in [1.54, 1.807) is 24.7 Å². The maximum atomic E-state index is 14.5. The third kappa shape index (κ3) is 4.10. The van der Waals surface area contributed by atoms with Gasteiger partial charge in [-0.1, -0.05) is 26.8 Å². The maximum absolute atomic E-state index is 14.5. The minimum Gasteiger partial charge on any atom is -0.490 e. The van der Waals surface area contributed by atoms with Crippen molar-refractivity contribution in [3.05, 3.63) is 48.7 Å². The van der Waals surface area contributed by atoms with Crippen LogP contribution in [0.25, 0.3) is 22.3 Å². The van der Waals surface area contributed by atoms with Crippen molar-refractivity contribution in [2.45, 2.75) is 27.2 Å². The Hall–Kier alpha value is -2.56. The van der Waals surface area contributed by atoms with E-state index in [0.717, 1.165) is 17.5 Å². The normalized spacial score (nSPS) is 12.5. The van der Waals surface area contributed by atoms with Crippen LogP contribution in [0.5, 0.6) is 5.75 Å². The van der Waals surface area contributed by atoms with Gasteiger partial charge in [0, 0.05) is 24.2 Å². The number of rotatable bonds is 6. The van der Waals surface area contributed by atoms with Crippen molar-refractivity contribution in [3.63, 3.8) is 0 Å². The zero-order valence-electron chi connectivity index (χ0n) is 14.7. The van der Waals surface area contributed by atoms with Crippen LogP contribution in [0.4, 0.5) is 4.39 Å². The van der Waals surface area contributed by atoms with Crippen molar-refractivity contribution >= 4 is 11.2 Å². The number of benzene rings is 1. The van der Waals surface area contributed by atoms with E-state index in [2.05, 4.69) is 35.7 Å². The lowest BCUT2D eigenvalue weighted by molar-refractivity contribution is 0.230. The number of hydrogen-bond donors (Lipinski definition) is 0. The molecule has 0 saturated heterocycles. The van der Waals surface area contributed by atoms with Crippen LogP contribution >= 0.6 is 0 Å². The molecule has 0 fully saturated rings. The maximum Gasteiger partial charge on any atom is 0.178 e. The Balaban J connectivity index is 1.82. The smallest absolute Gasteiger partial charge is 0.178 e. The number of ether oxygens (including phenoxy) is 1. The molecular formula is C20H22FN3O. The number of hydrogen-bond acceptors (Lipinski definition) is 4. The van der Waals surface area contributed by atoms with Crippen molar-refractivity contribution in [3.8, 4) is 16.9 Å². The Morgan fingerprint density at radius 1 is 1.00 bits per heavy atom. The van der Waals surface area contributed by atoms with Crippen LogP contribution in [0.3, 0.4) is 0 Å². The second-order valence-electron chi connectivity index (χ2n) is 6.78. The molecule has 0 aliphatic heterocycles. The molecule has 0 amide bonds. The molecule has 130 valence electrons. The van der Waals surface area contributed by atoms with E-state index < -0.39 is 0 Å². The number of nitrogens with zero attached hydrogens (tertiary/aromatic N) is 3. The predicted molar refractivity (Wildman–Crippen MR) is 96.8 cm³/mol. The summed E-state index contributed by atoms with van der Waals surface area (Å²) in [7, 11) is 0. The zero-order chi connectivity index (χ0) is 17.8. The summed E-state index contributed by atoms with van der Waals surface area (Å²) in [5.41, 5.74) is 2.73. The van der Waals surface area contributed by atoms with Crippen molar-refractivity contribution in [1.82, 2.24) is 15.0 Å². The van der Waals surface area contributed by atoms with E-state index in [-0.39, 0.29) is 11.6 Å². The summed E-state index contributed by atoms with van der Waals surface area (Å²) in [6.07, 6.45) is 5.91. The molecule has 25 heavy (non-hydrogen) atoms. The SMILES string of the molecule is CC(C)CC(C)COc1ccc(-c2ccnc3nccnc23)cc1F. The van der Waals surface area contributed by atoms with Crippen molar-refractivity contribution < 1.29 is 9.13 Å². The highest BCUT2D eigenvalue weighted by Gasteiger charge is 2.12. The Kier molecular flexibility index (Phi) is 5.22. The quantitative estimate of drug-likeness (QED) is 0.641. The molecule has 0 bridgehead atoms. The van der Waals surface area contributed by atoms with Crippen LogP contribution in [0.15, 0.2) is 42.9 Å². The van der Waals surface area contributed by atoms with Gasteiger partial charge in [0.15, 0.2) is 17.2 Å². The number of fused-ring (bicyclic) bond motifs is 1. The van der Waals surface area contributed by atoms with Crippen LogP contribution in [0.2, 0.25) is 0 Å². The minimum absolute atomic E-state index is 0.281. The molecule has 1 atom stereocenters. The van der Waals surface area contributed by atoms with Crippen LogP contribution in [0.1, 0.15) is 27.2 Å². The summed E-state index contributed by atoms with van der Waals surface area (Å²) >= 11 is 0. The van der Waals surface area contributed by atoms with Crippen molar-refractivity contribution in [2.24, 2.45) is 11.8 Å². The summed E-state index contributed by atoms with van der Waals surface area (Å²) in [4.78, 5) is 12.7. The van der Waals surface area contributed by atoms with Crippen LogP contribution in [-0.2, 0) is 0 Å². The van der Waals surface area contributed by atoms with Gasteiger partial charge < -0.3 is 4.74 Å². The highest BCUT2D eigenvalue weighted by Crippen LogP contribution is 2.29. The largest absolute Gasteiger partial charge is 0.490 e. The van der Waals surface area contributed by atoms with E-state index in [4.69, 9.17) is 4.74 Å². The summed E-state index contributed by atoms with van der Waals surface area (Å²) in [5, 5.41) is 0. The van der Waals surface area contributed by atoms with Crippen LogP contribution in [-0.4, -0.2) is 21.6 Å². The molecule has 2 aromatic heterocycles. The molecule has 0 spiro atoms. The second-order valence-corrected chi connectivity index (χ2v) is 6.78. The lowest BCUT2D eigenvalue weighted by Crippen LogP contribution is -2.11. The van der Waals surface area contributed by atoms with Gasteiger partial charge in [-0.05, 0) is 42.0 Å². The molecule has 1 unspecified atom stereocenters. The Morgan fingerprint density at radius 3 is 2.52 bits per heavy atom. The highest BCUT2D eigenvalue weighted by molar-refractivity contribution is 5.88. The molecule has 2 heterocycles. The molecule has 3 aromatic rings. The second kappa shape index (κ2) is 7.55.